The number of benzene rings is 1. The fourth-order valence-corrected chi connectivity index (χ4v) is 3.95. The van der Waals surface area contributed by atoms with Gasteiger partial charge in [0.05, 0.1) is 10.5 Å². The third kappa shape index (κ3) is 5.15. The molecule has 7 heteroatoms. The van der Waals surface area contributed by atoms with E-state index < -0.39 is 10.0 Å². The molecule has 0 bridgehead atoms. The summed E-state index contributed by atoms with van der Waals surface area (Å²) in [5.74, 6) is 0. The van der Waals surface area contributed by atoms with Crippen molar-refractivity contribution in [3.63, 3.8) is 0 Å². The molecule has 23 heavy (non-hydrogen) atoms. The Morgan fingerprint density at radius 1 is 1.30 bits per heavy atom. The van der Waals surface area contributed by atoms with Crippen LogP contribution >= 0.6 is 11.3 Å². The van der Waals surface area contributed by atoms with E-state index in [2.05, 4.69) is 10.8 Å². The summed E-state index contributed by atoms with van der Waals surface area (Å²) in [7, 11) is -1.54. The normalized spacial score (nSPS) is 11.6. The van der Waals surface area contributed by atoms with Gasteiger partial charge < -0.3 is 0 Å². The molecule has 0 fully saturated rings. The molecule has 0 saturated carbocycles. The second kappa shape index (κ2) is 7.70. The number of aryl methyl sites for hydroxylation is 1. The molecule has 0 unspecified atom stereocenters. The predicted octanol–water partition coefficient (Wildman–Crippen LogP) is 2.34. The van der Waals surface area contributed by atoms with E-state index in [4.69, 9.17) is 5.26 Å². The first-order chi connectivity index (χ1) is 10.9. The van der Waals surface area contributed by atoms with Gasteiger partial charge in [0.2, 0.25) is 10.0 Å². The molecule has 2 rings (SSSR count). The lowest BCUT2D eigenvalue weighted by Crippen LogP contribution is -2.32. The first-order valence-corrected chi connectivity index (χ1v) is 9.49. The van der Waals surface area contributed by atoms with Gasteiger partial charge in [0.25, 0.3) is 0 Å². The smallest absolute Gasteiger partial charge is 0.240 e. The first kappa shape index (κ1) is 17.6. The second-order valence-electron chi connectivity index (χ2n) is 5.36. The Morgan fingerprint density at radius 3 is 2.61 bits per heavy atom. The molecule has 1 heterocycles. The van der Waals surface area contributed by atoms with Crippen molar-refractivity contribution in [3.8, 4) is 6.07 Å². The first-order valence-electron chi connectivity index (χ1n) is 7.13. The molecule has 0 amide bonds. The monoisotopic (exact) mass is 349 g/mol. The molecule has 0 atom stereocenters. The van der Waals surface area contributed by atoms with E-state index in [1.165, 1.54) is 11.3 Å². The third-order valence-electron chi connectivity index (χ3n) is 3.33. The van der Waals surface area contributed by atoms with Gasteiger partial charge in [-0.2, -0.15) is 5.26 Å². The van der Waals surface area contributed by atoms with Crippen LogP contribution in [0.25, 0.3) is 0 Å². The summed E-state index contributed by atoms with van der Waals surface area (Å²) in [6, 6.07) is 10.7. The third-order valence-corrected chi connectivity index (χ3v) is 5.72. The van der Waals surface area contributed by atoms with Gasteiger partial charge in [-0.25, -0.2) is 13.1 Å². The summed E-state index contributed by atoms with van der Waals surface area (Å²) in [4.78, 5) is 3.39. The summed E-state index contributed by atoms with van der Waals surface area (Å²) in [6.45, 7) is 3.54. The van der Waals surface area contributed by atoms with Gasteiger partial charge >= 0.3 is 0 Å². The molecule has 122 valence electrons. The topological polar surface area (TPSA) is 73.2 Å². The Bertz CT molecular complexity index is 789. The van der Waals surface area contributed by atoms with Crippen molar-refractivity contribution in [2.24, 2.45) is 0 Å². The maximum Gasteiger partial charge on any atom is 0.240 e. The minimum Gasteiger partial charge on any atom is -0.300 e. The van der Waals surface area contributed by atoms with Gasteiger partial charge in [-0.1, -0.05) is 17.7 Å². The number of hydrogen-bond donors (Lipinski definition) is 1. The molecule has 5 nitrogen and oxygen atoms in total. The van der Waals surface area contributed by atoms with Crippen molar-refractivity contribution in [1.29, 1.82) is 5.26 Å². The number of rotatable bonds is 7. The molecular formula is C16H19N3O2S2. The average molecular weight is 349 g/mol. The lowest BCUT2D eigenvalue weighted by molar-refractivity contribution is 0.335. The number of likely N-dealkylation sites (N-methyl/N-ethyl adjacent to an activating group) is 1. The van der Waals surface area contributed by atoms with Gasteiger partial charge in [0, 0.05) is 29.9 Å². The Labute approximate surface area is 141 Å². The molecule has 0 aliphatic rings. The molecule has 2 aromatic rings. The highest BCUT2D eigenvalue weighted by Gasteiger charge is 2.13. The molecule has 1 N–H and O–H groups in total. The summed E-state index contributed by atoms with van der Waals surface area (Å²) in [6.07, 6.45) is 0. The van der Waals surface area contributed by atoms with E-state index >= 15 is 0 Å². The average Bonchev–Trinajstić information content (AvgIpc) is 2.95. The van der Waals surface area contributed by atoms with E-state index in [1.807, 2.05) is 30.3 Å². The van der Waals surface area contributed by atoms with Crippen molar-refractivity contribution in [2.75, 3.05) is 20.1 Å². The molecule has 0 spiro atoms. The van der Waals surface area contributed by atoms with Crippen LogP contribution in [0.5, 0.6) is 0 Å². The van der Waals surface area contributed by atoms with Crippen molar-refractivity contribution in [3.05, 3.63) is 51.7 Å². The fraction of sp³-hybridized carbons (Fsp3) is 0.312. The van der Waals surface area contributed by atoms with Crippen molar-refractivity contribution in [2.45, 2.75) is 18.4 Å². The second-order valence-corrected chi connectivity index (χ2v) is 8.12. The maximum atomic E-state index is 12.2. The number of nitriles is 1. The van der Waals surface area contributed by atoms with E-state index in [1.54, 1.807) is 24.3 Å². The van der Waals surface area contributed by atoms with Crippen molar-refractivity contribution >= 4 is 21.4 Å². The molecule has 0 aliphatic carbocycles. The highest BCUT2D eigenvalue weighted by molar-refractivity contribution is 7.89. The van der Waals surface area contributed by atoms with Crippen LogP contribution < -0.4 is 4.72 Å². The van der Waals surface area contributed by atoms with Gasteiger partial charge in [-0.15, -0.1) is 11.3 Å². The van der Waals surface area contributed by atoms with Gasteiger partial charge in [-0.3, -0.25) is 4.90 Å². The summed E-state index contributed by atoms with van der Waals surface area (Å²) >= 11 is 1.54. The van der Waals surface area contributed by atoms with Gasteiger partial charge in [0.15, 0.2) is 0 Å². The molecule has 0 radical (unpaired) electrons. The van der Waals surface area contributed by atoms with Crippen molar-refractivity contribution in [1.82, 2.24) is 9.62 Å². The zero-order valence-electron chi connectivity index (χ0n) is 13.1. The molecular weight excluding hydrogens is 330 g/mol. The largest absolute Gasteiger partial charge is 0.300 e. The van der Waals surface area contributed by atoms with Crippen LogP contribution in [0.1, 0.15) is 16.0 Å². The predicted molar refractivity (Wildman–Crippen MR) is 91.7 cm³/mol. The van der Waals surface area contributed by atoms with Crippen LogP contribution in [-0.4, -0.2) is 33.5 Å². The Kier molecular flexibility index (Phi) is 5.91. The quantitative estimate of drug-likeness (QED) is 0.833. The zero-order chi connectivity index (χ0) is 16.9. The SMILES string of the molecule is Cc1ccc(S(=O)(=O)NCCN(C)Cc2cc(C#N)cs2)cc1. The summed E-state index contributed by atoms with van der Waals surface area (Å²) < 4.78 is 26.9. The van der Waals surface area contributed by atoms with Crippen molar-refractivity contribution < 1.29 is 8.42 Å². The number of nitrogens with one attached hydrogen (secondary N) is 1. The van der Waals surface area contributed by atoms with Crippen LogP contribution in [-0.2, 0) is 16.6 Å². The highest BCUT2D eigenvalue weighted by atomic mass is 32.2. The molecule has 1 aromatic carbocycles. The van der Waals surface area contributed by atoms with Crippen LogP contribution in [0.2, 0.25) is 0 Å². The minimum absolute atomic E-state index is 0.280. The van der Waals surface area contributed by atoms with Gasteiger partial charge in [0.1, 0.15) is 6.07 Å². The van der Waals surface area contributed by atoms with Crippen LogP contribution in [0.3, 0.4) is 0 Å². The Morgan fingerprint density at radius 2 is 2.00 bits per heavy atom. The number of sulfonamides is 1. The lowest BCUT2D eigenvalue weighted by atomic mass is 10.2. The number of hydrogen-bond acceptors (Lipinski definition) is 5. The van der Waals surface area contributed by atoms with E-state index in [0.717, 1.165) is 10.4 Å². The lowest BCUT2D eigenvalue weighted by Gasteiger charge is -2.16. The summed E-state index contributed by atoms with van der Waals surface area (Å²) in [5, 5.41) is 10.6. The van der Waals surface area contributed by atoms with Crippen LogP contribution in [0.4, 0.5) is 0 Å². The maximum absolute atomic E-state index is 12.2. The van der Waals surface area contributed by atoms with E-state index in [9.17, 15) is 8.42 Å². The number of nitrogens with zero attached hydrogens (tertiary/aromatic N) is 2. The van der Waals surface area contributed by atoms with E-state index in [-0.39, 0.29) is 4.90 Å². The zero-order valence-corrected chi connectivity index (χ0v) is 14.7. The van der Waals surface area contributed by atoms with Crippen LogP contribution in [0, 0.1) is 18.3 Å². The fourth-order valence-electron chi connectivity index (χ4n) is 2.04. The summed E-state index contributed by atoms with van der Waals surface area (Å²) in [5.41, 5.74) is 1.69. The minimum atomic E-state index is -3.46. The van der Waals surface area contributed by atoms with Gasteiger partial charge in [-0.05, 0) is 32.2 Å². The number of thiophene rings is 1. The highest BCUT2D eigenvalue weighted by Crippen LogP contribution is 2.15. The Balaban J connectivity index is 1.83. The molecule has 0 saturated heterocycles. The Hall–Kier alpha value is -1.72. The molecule has 1 aromatic heterocycles. The molecule has 0 aliphatic heterocycles. The standard InChI is InChI=1S/C16H19N3O2S2/c1-13-3-5-16(6-4-13)23(20,21)18-7-8-19(2)11-15-9-14(10-17)12-22-15/h3-6,9,12,18H,7-8,11H2,1-2H3. The van der Waals surface area contributed by atoms with Crippen LogP contribution in [0.15, 0.2) is 40.6 Å². The van der Waals surface area contributed by atoms with E-state index in [0.29, 0.717) is 25.2 Å².